The molecular weight excluding hydrogens is 314 g/mol. The van der Waals surface area contributed by atoms with Gasteiger partial charge in [0, 0.05) is 5.56 Å². The Kier molecular flexibility index (Phi) is 5.03. The quantitative estimate of drug-likeness (QED) is 0.577. The third-order valence-electron chi connectivity index (χ3n) is 3.58. The number of fused-ring (bicyclic) bond motifs is 1. The van der Waals surface area contributed by atoms with Crippen LogP contribution in [0.3, 0.4) is 0 Å². The van der Waals surface area contributed by atoms with E-state index in [1.54, 1.807) is 30.5 Å². The third-order valence-corrected chi connectivity index (χ3v) is 3.58. The molecule has 0 radical (unpaired) electrons. The van der Waals surface area contributed by atoms with Gasteiger partial charge in [-0.15, -0.1) is 0 Å². The summed E-state index contributed by atoms with van der Waals surface area (Å²) in [5.41, 5.74) is 3.72. The Morgan fingerprint density at radius 3 is 2.72 bits per heavy atom. The fourth-order valence-electron chi connectivity index (χ4n) is 2.40. The molecule has 0 fully saturated rings. The van der Waals surface area contributed by atoms with Crippen molar-refractivity contribution in [3.8, 4) is 11.8 Å². The average Bonchev–Trinajstić information content (AvgIpc) is 2.67. The Hall–Kier alpha value is -3.65. The summed E-state index contributed by atoms with van der Waals surface area (Å²) in [6.07, 6.45) is 1.60. The Morgan fingerprint density at radius 2 is 1.84 bits per heavy atom. The zero-order chi connectivity index (χ0) is 17.5. The van der Waals surface area contributed by atoms with Gasteiger partial charge >= 0.3 is 0 Å². The molecule has 0 aliphatic rings. The number of nitrogens with one attached hydrogen (secondary N) is 1. The Morgan fingerprint density at radius 1 is 1.08 bits per heavy atom. The van der Waals surface area contributed by atoms with Crippen LogP contribution in [0.15, 0.2) is 71.8 Å². The van der Waals surface area contributed by atoms with E-state index in [1.807, 2.05) is 48.5 Å². The van der Waals surface area contributed by atoms with Gasteiger partial charge in [0.05, 0.1) is 11.8 Å². The molecule has 3 aromatic carbocycles. The standard InChI is InChI=1S/C20H15N3O2/c21-12-16-7-2-4-11-19(16)25-14-20(24)23-22-13-17-9-5-8-15-6-1-3-10-18(15)17/h1-11,13H,14H2,(H,23,24)/b22-13-. The van der Waals surface area contributed by atoms with E-state index in [0.717, 1.165) is 16.3 Å². The molecule has 0 unspecified atom stereocenters. The minimum atomic E-state index is -0.399. The fourth-order valence-corrected chi connectivity index (χ4v) is 2.40. The molecule has 3 aromatic rings. The summed E-state index contributed by atoms with van der Waals surface area (Å²) in [5.74, 6) is -0.0255. The number of hydrazone groups is 1. The van der Waals surface area contributed by atoms with Crippen molar-refractivity contribution in [2.24, 2.45) is 5.10 Å². The molecule has 25 heavy (non-hydrogen) atoms. The number of amides is 1. The number of rotatable bonds is 5. The Balaban J connectivity index is 1.60. The highest BCUT2D eigenvalue weighted by Crippen LogP contribution is 2.17. The van der Waals surface area contributed by atoms with E-state index < -0.39 is 5.91 Å². The van der Waals surface area contributed by atoms with E-state index in [9.17, 15) is 4.79 Å². The molecule has 0 saturated heterocycles. The summed E-state index contributed by atoms with van der Waals surface area (Å²) in [5, 5.41) is 15.1. The third kappa shape index (κ3) is 4.01. The van der Waals surface area contributed by atoms with E-state index in [-0.39, 0.29) is 6.61 Å². The lowest BCUT2D eigenvalue weighted by Gasteiger charge is -2.06. The molecule has 0 spiro atoms. The normalized spacial score (nSPS) is 10.5. The van der Waals surface area contributed by atoms with E-state index in [0.29, 0.717) is 11.3 Å². The lowest BCUT2D eigenvalue weighted by Crippen LogP contribution is -2.24. The van der Waals surface area contributed by atoms with Crippen molar-refractivity contribution in [2.45, 2.75) is 0 Å². The Bertz CT molecular complexity index is 969. The molecule has 0 atom stereocenters. The number of hydrogen-bond acceptors (Lipinski definition) is 4. The van der Waals surface area contributed by atoms with Crippen LogP contribution in [0, 0.1) is 11.3 Å². The van der Waals surface area contributed by atoms with Crippen molar-refractivity contribution in [3.05, 3.63) is 77.9 Å². The van der Waals surface area contributed by atoms with E-state index >= 15 is 0 Å². The highest BCUT2D eigenvalue weighted by Gasteiger charge is 2.05. The molecule has 1 amide bonds. The zero-order valence-corrected chi connectivity index (χ0v) is 13.3. The smallest absolute Gasteiger partial charge is 0.277 e. The highest BCUT2D eigenvalue weighted by atomic mass is 16.5. The maximum atomic E-state index is 11.8. The van der Waals surface area contributed by atoms with Crippen molar-refractivity contribution in [1.82, 2.24) is 5.43 Å². The molecule has 5 nitrogen and oxygen atoms in total. The van der Waals surface area contributed by atoms with Crippen molar-refractivity contribution < 1.29 is 9.53 Å². The molecule has 3 rings (SSSR count). The molecule has 0 heterocycles. The molecule has 1 N–H and O–H groups in total. The number of carbonyl (C=O) groups excluding carboxylic acids is 1. The van der Waals surface area contributed by atoms with E-state index in [4.69, 9.17) is 10.00 Å². The number of nitriles is 1. The number of ether oxygens (including phenoxy) is 1. The lowest BCUT2D eigenvalue weighted by atomic mass is 10.1. The number of benzene rings is 3. The van der Waals surface area contributed by atoms with Crippen LogP contribution < -0.4 is 10.2 Å². The first-order chi connectivity index (χ1) is 12.3. The maximum absolute atomic E-state index is 11.8. The van der Waals surface area contributed by atoms with Gasteiger partial charge in [-0.3, -0.25) is 4.79 Å². The first-order valence-electron chi connectivity index (χ1n) is 7.69. The van der Waals surface area contributed by atoms with Crippen LogP contribution >= 0.6 is 0 Å². The van der Waals surface area contributed by atoms with Gasteiger partial charge in [0.15, 0.2) is 6.61 Å². The van der Waals surface area contributed by atoms with Gasteiger partial charge in [0.25, 0.3) is 5.91 Å². The van der Waals surface area contributed by atoms with Crippen LogP contribution in [0.25, 0.3) is 10.8 Å². The van der Waals surface area contributed by atoms with Crippen LogP contribution in [0.2, 0.25) is 0 Å². The van der Waals surface area contributed by atoms with Crippen molar-refractivity contribution in [1.29, 1.82) is 5.26 Å². The van der Waals surface area contributed by atoms with Gasteiger partial charge in [-0.2, -0.15) is 10.4 Å². The molecule has 122 valence electrons. The molecule has 0 saturated carbocycles. The van der Waals surface area contributed by atoms with Crippen molar-refractivity contribution >= 4 is 22.9 Å². The van der Waals surface area contributed by atoms with Crippen molar-refractivity contribution in [3.63, 3.8) is 0 Å². The number of hydrogen-bond donors (Lipinski definition) is 1. The summed E-state index contributed by atoms with van der Waals surface area (Å²) in [7, 11) is 0. The van der Waals surface area contributed by atoms with E-state index in [1.165, 1.54) is 0 Å². The first kappa shape index (κ1) is 16.2. The van der Waals surface area contributed by atoms with Crippen LogP contribution in [-0.2, 0) is 4.79 Å². The molecular formula is C20H15N3O2. The van der Waals surface area contributed by atoms with Crippen LogP contribution in [-0.4, -0.2) is 18.7 Å². The number of para-hydroxylation sites is 1. The minimum Gasteiger partial charge on any atom is -0.482 e. The topological polar surface area (TPSA) is 74.5 Å². The first-order valence-corrected chi connectivity index (χ1v) is 7.69. The largest absolute Gasteiger partial charge is 0.482 e. The predicted molar refractivity (Wildman–Crippen MR) is 96.3 cm³/mol. The molecule has 0 aliphatic heterocycles. The second kappa shape index (κ2) is 7.75. The highest BCUT2D eigenvalue weighted by molar-refractivity contribution is 5.99. The molecule has 0 aromatic heterocycles. The van der Waals surface area contributed by atoms with Crippen LogP contribution in [0.4, 0.5) is 0 Å². The molecule has 5 heteroatoms. The summed E-state index contributed by atoms with van der Waals surface area (Å²) >= 11 is 0. The van der Waals surface area contributed by atoms with Gasteiger partial charge in [-0.25, -0.2) is 5.43 Å². The molecule has 0 aliphatic carbocycles. The average molecular weight is 329 g/mol. The monoisotopic (exact) mass is 329 g/mol. The predicted octanol–water partition coefficient (Wildman–Crippen LogP) is 3.24. The van der Waals surface area contributed by atoms with E-state index in [2.05, 4.69) is 10.5 Å². The van der Waals surface area contributed by atoms with Gasteiger partial charge in [-0.1, -0.05) is 54.6 Å². The summed E-state index contributed by atoms with van der Waals surface area (Å²) in [4.78, 5) is 11.8. The lowest BCUT2D eigenvalue weighted by molar-refractivity contribution is -0.123. The van der Waals surface area contributed by atoms with Crippen LogP contribution in [0.1, 0.15) is 11.1 Å². The fraction of sp³-hybridized carbons (Fsp3) is 0.0500. The summed E-state index contributed by atoms with van der Waals surface area (Å²) in [6, 6.07) is 22.6. The van der Waals surface area contributed by atoms with Crippen LogP contribution in [0.5, 0.6) is 5.75 Å². The summed E-state index contributed by atoms with van der Waals surface area (Å²) < 4.78 is 5.35. The summed E-state index contributed by atoms with van der Waals surface area (Å²) in [6.45, 7) is -0.217. The number of carbonyl (C=O) groups is 1. The van der Waals surface area contributed by atoms with Gasteiger partial charge in [0.2, 0.25) is 0 Å². The van der Waals surface area contributed by atoms with Crippen molar-refractivity contribution in [2.75, 3.05) is 6.61 Å². The number of nitrogens with zero attached hydrogens (tertiary/aromatic N) is 2. The minimum absolute atomic E-state index is 0.217. The Labute approximate surface area is 145 Å². The van der Waals surface area contributed by atoms with Gasteiger partial charge in [0.1, 0.15) is 11.8 Å². The zero-order valence-electron chi connectivity index (χ0n) is 13.3. The van der Waals surface area contributed by atoms with Gasteiger partial charge in [-0.05, 0) is 22.9 Å². The second-order valence-electron chi connectivity index (χ2n) is 5.26. The molecule has 0 bridgehead atoms. The van der Waals surface area contributed by atoms with Gasteiger partial charge < -0.3 is 4.74 Å². The maximum Gasteiger partial charge on any atom is 0.277 e. The SMILES string of the molecule is N#Cc1ccccc1OCC(=O)N/N=C\c1cccc2ccccc12. The second-order valence-corrected chi connectivity index (χ2v) is 5.26.